The van der Waals surface area contributed by atoms with Crippen LogP contribution in [0.4, 0.5) is 20.5 Å². The first-order chi connectivity index (χ1) is 21.4. The molecule has 3 unspecified atom stereocenters. The number of H-pyrrole nitrogens is 1. The van der Waals surface area contributed by atoms with Gasteiger partial charge < -0.3 is 40.5 Å². The number of aromatic amines is 1. The fourth-order valence-electron chi connectivity index (χ4n) is 5.34. The Morgan fingerprint density at radius 2 is 2.09 bits per heavy atom. The number of anilines is 1. The third-order valence-corrected chi connectivity index (χ3v) is 9.75. The maximum Gasteiger partial charge on any atom is 0.386 e. The van der Waals surface area contributed by atoms with Crippen LogP contribution in [0.15, 0.2) is 22.3 Å². The number of ether oxygens (including phenoxy) is 2. The van der Waals surface area contributed by atoms with E-state index in [0.29, 0.717) is 0 Å². The number of aliphatic hydroxyl groups excluding tert-OH is 1. The van der Waals surface area contributed by atoms with Crippen molar-refractivity contribution in [3.05, 3.63) is 34.3 Å². The molecule has 45 heavy (non-hydrogen) atoms. The number of hydrogen-bond donors (Lipinski definition) is 7. The van der Waals surface area contributed by atoms with Crippen LogP contribution in [0, 0.1) is 5.82 Å². The van der Waals surface area contributed by atoms with Crippen LogP contribution in [-0.2, 0) is 32.2 Å². The highest BCUT2D eigenvalue weighted by molar-refractivity contribution is 8.44. The number of aliphatic imine (C=N–C) groups is 1. The molecule has 6 heterocycles. The number of nitrogens with one attached hydrogen (secondary N) is 2. The second-order valence-electron chi connectivity index (χ2n) is 10.1. The predicted molar refractivity (Wildman–Crippen MR) is 160 cm³/mol. The predicted octanol–water partition coefficient (Wildman–Crippen LogP) is 1.22. The van der Waals surface area contributed by atoms with Gasteiger partial charge >= 0.3 is 6.80 Å². The molecule has 0 spiro atoms. The van der Waals surface area contributed by atoms with Crippen LogP contribution in [0.2, 0.25) is 0 Å². The van der Waals surface area contributed by atoms with Gasteiger partial charge in [0.1, 0.15) is 42.3 Å². The number of thiol groups is 2. The molecule has 0 bridgehead atoms. The molecule has 3 aliphatic heterocycles. The molecule has 7 N–H and O–H groups in total. The van der Waals surface area contributed by atoms with Crippen molar-refractivity contribution >= 4 is 67.8 Å². The smallest absolute Gasteiger partial charge is 0.386 e. The van der Waals surface area contributed by atoms with E-state index in [2.05, 4.69) is 49.8 Å². The van der Waals surface area contributed by atoms with Crippen molar-refractivity contribution in [2.45, 2.75) is 55.6 Å². The number of halogens is 2. The summed E-state index contributed by atoms with van der Waals surface area (Å²) >= 11 is 7.83. The lowest BCUT2D eigenvalue weighted by atomic mass is 10.1. The van der Waals surface area contributed by atoms with Gasteiger partial charge in [-0.3, -0.25) is 28.0 Å². The van der Waals surface area contributed by atoms with Crippen LogP contribution in [0.1, 0.15) is 30.6 Å². The van der Waals surface area contributed by atoms with Gasteiger partial charge in [0.05, 0.1) is 37.5 Å². The molecule has 0 saturated carbocycles. The zero-order chi connectivity index (χ0) is 32.2. The quantitative estimate of drug-likeness (QED) is 0.115. The summed E-state index contributed by atoms with van der Waals surface area (Å²) in [6, 6.07) is 0. The number of nitrogens with two attached hydrogens (primary N) is 2. The highest BCUT2D eigenvalue weighted by Gasteiger charge is 2.50. The van der Waals surface area contributed by atoms with E-state index in [1.54, 1.807) is 0 Å². The second-order valence-corrected chi connectivity index (χ2v) is 14.9. The van der Waals surface area contributed by atoms with Crippen molar-refractivity contribution in [1.29, 1.82) is 0 Å². The van der Waals surface area contributed by atoms with Crippen LogP contribution < -0.4 is 22.3 Å². The summed E-state index contributed by atoms with van der Waals surface area (Å²) in [6.07, 6.45) is -6.74. The first-order valence-corrected chi connectivity index (χ1v) is 18.4. The number of fused-ring (bicyclic) bond motifs is 2. The molecule has 18 nitrogen and oxygen atoms in total. The number of nitrogen functional groups attached to an aromatic ring is 1. The minimum Gasteiger partial charge on any atom is -0.394 e. The Morgan fingerprint density at radius 1 is 1.31 bits per heavy atom. The first-order valence-electron chi connectivity index (χ1n) is 13.1. The fraction of sp³-hybridized carbons (Fsp3) is 0.524. The van der Waals surface area contributed by atoms with Crippen LogP contribution in [0.3, 0.4) is 0 Å². The number of rotatable bonds is 10. The molecule has 3 aliphatic rings. The number of nitrogens with zero attached hydrogens (tertiary/aromatic N) is 5. The van der Waals surface area contributed by atoms with Crippen LogP contribution in [0.5, 0.6) is 0 Å². The van der Waals surface area contributed by atoms with E-state index in [4.69, 9.17) is 34.5 Å². The molecule has 0 aromatic carbocycles. The summed E-state index contributed by atoms with van der Waals surface area (Å²) in [5.41, 5.74) is 10.8. The molecule has 24 heteroatoms. The topological polar surface area (TPSA) is 245 Å². The molecule has 0 radical (unpaired) electrons. The van der Waals surface area contributed by atoms with Gasteiger partial charge in [-0.15, -0.1) is 0 Å². The van der Waals surface area contributed by atoms with Gasteiger partial charge in [0.2, 0.25) is 13.2 Å². The lowest BCUT2D eigenvalue weighted by Crippen LogP contribution is -2.32. The van der Waals surface area contributed by atoms with E-state index in [0.717, 1.165) is 17.1 Å². The minimum absolute atomic E-state index is 0.0354. The summed E-state index contributed by atoms with van der Waals surface area (Å²) in [5, 5.41) is 12.4. The normalized spacial score (nSPS) is 31.6. The van der Waals surface area contributed by atoms with E-state index >= 15 is 4.39 Å². The number of aliphatic hydroxyl groups is 1. The average Bonchev–Trinajstić information content (AvgIpc) is 3.72. The van der Waals surface area contributed by atoms with E-state index in [9.17, 15) is 23.4 Å². The van der Waals surface area contributed by atoms with Crippen molar-refractivity contribution in [3.63, 3.8) is 0 Å². The van der Waals surface area contributed by atoms with Gasteiger partial charge in [-0.1, -0.05) is 24.5 Å². The van der Waals surface area contributed by atoms with Gasteiger partial charge in [0.25, 0.3) is 5.56 Å². The number of alkyl halides is 1. The zero-order valence-electron chi connectivity index (χ0n) is 22.7. The van der Waals surface area contributed by atoms with E-state index in [-0.39, 0.29) is 34.9 Å². The maximum absolute atomic E-state index is 15.4. The highest BCUT2D eigenvalue weighted by Crippen LogP contribution is 2.57. The van der Waals surface area contributed by atoms with Crippen LogP contribution >= 0.6 is 38.5 Å². The van der Waals surface area contributed by atoms with Gasteiger partial charge in [-0.2, -0.15) is 4.98 Å². The van der Waals surface area contributed by atoms with Gasteiger partial charge in [0, 0.05) is 12.6 Å². The lowest BCUT2D eigenvalue weighted by Gasteiger charge is -2.25. The lowest BCUT2D eigenvalue weighted by molar-refractivity contribution is -0.0509. The average molecular weight is 714 g/mol. The Morgan fingerprint density at radius 3 is 2.82 bits per heavy atom. The van der Waals surface area contributed by atoms with Crippen LogP contribution in [0.25, 0.3) is 11.2 Å². The Balaban J connectivity index is 1.20. The van der Waals surface area contributed by atoms with Crippen LogP contribution in [-0.4, -0.2) is 79.3 Å². The van der Waals surface area contributed by atoms with Crippen molar-refractivity contribution in [1.82, 2.24) is 29.4 Å². The molecule has 0 amide bonds. The number of aromatic nitrogens is 5. The monoisotopic (exact) mass is 713 g/mol. The van der Waals surface area contributed by atoms with Crippen molar-refractivity contribution in [2.75, 3.05) is 18.9 Å². The molecular formula is C21H27F2N9O9P2S2. The summed E-state index contributed by atoms with van der Waals surface area (Å²) in [6.45, 7) is -5.75. The molecule has 0 aliphatic carbocycles. The number of hydrogen-bond acceptors (Lipinski definition) is 15. The molecule has 3 aromatic rings. The second kappa shape index (κ2) is 12.7. The van der Waals surface area contributed by atoms with Crippen molar-refractivity contribution in [3.8, 4) is 0 Å². The van der Waals surface area contributed by atoms with Gasteiger partial charge in [0.15, 0.2) is 23.6 Å². The third-order valence-electron chi connectivity index (χ3n) is 7.32. The molecule has 2 fully saturated rings. The fourth-order valence-corrected chi connectivity index (χ4v) is 7.70. The molecule has 6 rings (SSSR count). The molecule has 3 aromatic heterocycles. The van der Waals surface area contributed by atoms with E-state index in [1.165, 1.54) is 10.9 Å². The molecule has 10 atom stereocenters. The van der Waals surface area contributed by atoms with Crippen molar-refractivity contribution < 1.29 is 46.1 Å². The summed E-state index contributed by atoms with van der Waals surface area (Å²) < 4.78 is 85.9. The molecule has 2 saturated heterocycles. The maximum atomic E-state index is 15.4. The largest absolute Gasteiger partial charge is 0.394 e. The Hall–Kier alpha value is -2.36. The summed E-state index contributed by atoms with van der Waals surface area (Å²) in [7, 11) is -2.81. The Kier molecular flexibility index (Phi) is 9.18. The van der Waals surface area contributed by atoms with Crippen molar-refractivity contribution in [2.24, 2.45) is 10.7 Å². The SMILES string of the molecule is Nc1nc2c(ncn2[C@@H]2O[C@H](CO)[C@@H](F)[C@H]2OP(=O)(S)OC[C@H]2O[C@@H](n3cc(F)c4c3N=CNC4N)C[C@@H]2O[PH](=O)S)c(=O)[nH]1. The molecular weight excluding hydrogens is 686 g/mol. The Labute approximate surface area is 262 Å². The Bertz CT molecular complexity index is 1760. The van der Waals surface area contributed by atoms with E-state index < -0.39 is 87.8 Å². The minimum atomic E-state index is -4.46. The summed E-state index contributed by atoms with van der Waals surface area (Å²) in [5.74, 6) is -0.703. The van der Waals surface area contributed by atoms with Gasteiger partial charge in [-0.25, -0.2) is 23.3 Å². The summed E-state index contributed by atoms with van der Waals surface area (Å²) in [4.78, 5) is 26.6. The third kappa shape index (κ3) is 6.33. The van der Waals surface area contributed by atoms with Gasteiger partial charge in [-0.05, 0) is 0 Å². The highest BCUT2D eigenvalue weighted by atomic mass is 32.7. The van der Waals surface area contributed by atoms with E-state index in [1.807, 2.05) is 0 Å². The zero-order valence-corrected chi connectivity index (χ0v) is 26.4. The first kappa shape index (κ1) is 32.6. The molecule has 246 valence electrons. The standard InChI is InChI=1S/C21H27F2N9O9P2S2/c22-7-2-31(17-12(7)16(24)26-5-27-17)11-1-8(40-42(35)44)10(38-11)4-37-43(36,45)41-15-13(23)9(3-33)39-20(15)32-6-28-14-18(32)29-21(25)30-19(14)34/h2,5-6,8-11,13,15-16,20,33,42H,1,3-4,24H2,(H,26,27)(H,35,44)(H,36,45)(H3,25,29,30,34)/t8-,9+,10+,11+,13+,15+,16?,20+,43?/m0/s1. The number of imidazole rings is 1.